The van der Waals surface area contributed by atoms with E-state index in [-0.39, 0.29) is 12.5 Å². The number of methoxy groups -OCH3 is 1. The zero-order valence-electron chi connectivity index (χ0n) is 12.6. The molecule has 1 aromatic carbocycles. The maximum Gasteiger partial charge on any atom is 0.304 e. The van der Waals surface area contributed by atoms with Gasteiger partial charge < -0.3 is 15.2 Å². The Hall–Kier alpha value is -1.55. The molecule has 0 spiro atoms. The fourth-order valence-corrected chi connectivity index (χ4v) is 2.05. The zero-order chi connectivity index (χ0) is 15.0. The van der Waals surface area contributed by atoms with Gasteiger partial charge >= 0.3 is 5.97 Å². The minimum absolute atomic E-state index is 0.0281. The van der Waals surface area contributed by atoms with Gasteiger partial charge in [-0.05, 0) is 43.0 Å². The van der Waals surface area contributed by atoms with Crippen molar-refractivity contribution in [3.63, 3.8) is 0 Å². The van der Waals surface area contributed by atoms with Crippen LogP contribution in [-0.4, -0.2) is 30.8 Å². The minimum atomic E-state index is -0.763. The van der Waals surface area contributed by atoms with Crippen LogP contribution in [0.2, 0.25) is 0 Å². The molecule has 112 valence electrons. The third kappa shape index (κ3) is 6.57. The van der Waals surface area contributed by atoms with Crippen molar-refractivity contribution < 1.29 is 14.6 Å². The van der Waals surface area contributed by atoms with E-state index < -0.39 is 5.97 Å². The Kier molecular flexibility index (Phi) is 7.09. The monoisotopic (exact) mass is 279 g/mol. The summed E-state index contributed by atoms with van der Waals surface area (Å²) in [5.41, 5.74) is 1.12. The number of rotatable bonds is 9. The number of nitrogens with one attached hydrogen (secondary N) is 1. The molecule has 0 aliphatic heterocycles. The van der Waals surface area contributed by atoms with Gasteiger partial charge in [0.15, 0.2) is 0 Å². The third-order valence-corrected chi connectivity index (χ3v) is 3.22. The SMILES string of the molecule is COc1ccc(CC(CC(=O)O)NCCC(C)C)cc1. The summed E-state index contributed by atoms with van der Waals surface area (Å²) < 4.78 is 5.12. The van der Waals surface area contributed by atoms with Crippen molar-refractivity contribution >= 4 is 5.97 Å². The van der Waals surface area contributed by atoms with Crippen molar-refractivity contribution in [3.8, 4) is 5.75 Å². The Balaban J connectivity index is 2.55. The van der Waals surface area contributed by atoms with Gasteiger partial charge in [0.25, 0.3) is 0 Å². The maximum atomic E-state index is 10.9. The van der Waals surface area contributed by atoms with Crippen molar-refractivity contribution in [1.82, 2.24) is 5.32 Å². The van der Waals surface area contributed by atoms with Gasteiger partial charge in [0, 0.05) is 6.04 Å². The van der Waals surface area contributed by atoms with Gasteiger partial charge in [-0.2, -0.15) is 0 Å². The first-order valence-corrected chi connectivity index (χ1v) is 7.09. The molecule has 1 aromatic rings. The largest absolute Gasteiger partial charge is 0.497 e. The van der Waals surface area contributed by atoms with Crippen LogP contribution < -0.4 is 10.1 Å². The molecule has 0 amide bonds. The molecule has 0 saturated carbocycles. The first kappa shape index (κ1) is 16.5. The quantitative estimate of drug-likeness (QED) is 0.729. The van der Waals surface area contributed by atoms with Crippen molar-refractivity contribution in [2.75, 3.05) is 13.7 Å². The van der Waals surface area contributed by atoms with E-state index in [9.17, 15) is 4.79 Å². The molecule has 1 unspecified atom stereocenters. The van der Waals surface area contributed by atoms with E-state index in [0.29, 0.717) is 12.3 Å². The normalized spacial score (nSPS) is 12.4. The highest BCUT2D eigenvalue weighted by molar-refractivity contribution is 5.67. The van der Waals surface area contributed by atoms with Crippen molar-refractivity contribution in [2.24, 2.45) is 5.92 Å². The molecule has 0 heterocycles. The molecule has 20 heavy (non-hydrogen) atoms. The molecule has 0 saturated heterocycles. The molecule has 4 heteroatoms. The average Bonchev–Trinajstić information content (AvgIpc) is 2.38. The lowest BCUT2D eigenvalue weighted by molar-refractivity contribution is -0.137. The van der Waals surface area contributed by atoms with Crippen LogP contribution in [0.4, 0.5) is 0 Å². The molecule has 0 aliphatic rings. The van der Waals surface area contributed by atoms with Gasteiger partial charge in [-0.15, -0.1) is 0 Å². The first-order valence-electron chi connectivity index (χ1n) is 7.09. The second kappa shape index (κ2) is 8.59. The molecule has 0 aliphatic carbocycles. The summed E-state index contributed by atoms with van der Waals surface area (Å²) in [6.45, 7) is 5.18. The van der Waals surface area contributed by atoms with Crippen LogP contribution in [0.1, 0.15) is 32.3 Å². The third-order valence-electron chi connectivity index (χ3n) is 3.22. The van der Waals surface area contributed by atoms with Crippen molar-refractivity contribution in [2.45, 2.75) is 39.2 Å². The van der Waals surface area contributed by atoms with Crippen LogP contribution in [-0.2, 0) is 11.2 Å². The number of carboxylic acid groups (broad SMARTS) is 1. The van der Waals surface area contributed by atoms with Gasteiger partial charge in [0.2, 0.25) is 0 Å². The van der Waals surface area contributed by atoms with E-state index in [0.717, 1.165) is 24.3 Å². The van der Waals surface area contributed by atoms with E-state index in [4.69, 9.17) is 9.84 Å². The summed E-state index contributed by atoms with van der Waals surface area (Å²) in [4.78, 5) is 10.9. The van der Waals surface area contributed by atoms with Gasteiger partial charge in [0.1, 0.15) is 5.75 Å². The predicted molar refractivity (Wildman–Crippen MR) is 80.2 cm³/mol. The van der Waals surface area contributed by atoms with Crippen molar-refractivity contribution in [3.05, 3.63) is 29.8 Å². The number of ether oxygens (including phenoxy) is 1. The molecule has 4 nitrogen and oxygen atoms in total. The Bertz CT molecular complexity index is 401. The smallest absolute Gasteiger partial charge is 0.304 e. The number of carboxylic acids is 1. The Morgan fingerprint density at radius 1 is 1.30 bits per heavy atom. The second-order valence-electron chi connectivity index (χ2n) is 5.48. The summed E-state index contributed by atoms with van der Waals surface area (Å²) >= 11 is 0. The van der Waals surface area contributed by atoms with Crippen LogP contribution in [0, 0.1) is 5.92 Å². The predicted octanol–water partition coefficient (Wildman–Crippen LogP) is 2.72. The minimum Gasteiger partial charge on any atom is -0.497 e. The highest BCUT2D eigenvalue weighted by Crippen LogP contribution is 2.13. The highest BCUT2D eigenvalue weighted by Gasteiger charge is 2.13. The van der Waals surface area contributed by atoms with E-state index in [1.54, 1.807) is 7.11 Å². The molecule has 1 rings (SSSR count). The molecule has 0 fully saturated rings. The Morgan fingerprint density at radius 3 is 2.45 bits per heavy atom. The lowest BCUT2D eigenvalue weighted by Crippen LogP contribution is -2.34. The van der Waals surface area contributed by atoms with E-state index >= 15 is 0 Å². The van der Waals surface area contributed by atoms with E-state index in [1.165, 1.54) is 0 Å². The fraction of sp³-hybridized carbons (Fsp3) is 0.562. The van der Waals surface area contributed by atoms with Gasteiger partial charge in [-0.3, -0.25) is 4.79 Å². The summed E-state index contributed by atoms with van der Waals surface area (Å²) in [6, 6.07) is 7.75. The summed E-state index contributed by atoms with van der Waals surface area (Å²) in [6.07, 6.45) is 1.91. The number of hydrogen-bond donors (Lipinski definition) is 2. The average molecular weight is 279 g/mol. The Labute approximate surface area is 121 Å². The maximum absolute atomic E-state index is 10.9. The number of hydrogen-bond acceptors (Lipinski definition) is 3. The summed E-state index contributed by atoms with van der Waals surface area (Å²) in [7, 11) is 1.63. The number of aliphatic carboxylic acids is 1. The van der Waals surface area contributed by atoms with Crippen LogP contribution >= 0.6 is 0 Å². The van der Waals surface area contributed by atoms with Crippen LogP contribution in [0.15, 0.2) is 24.3 Å². The summed E-state index contributed by atoms with van der Waals surface area (Å²) in [5, 5.41) is 12.3. The standard InChI is InChI=1S/C16H25NO3/c1-12(2)8-9-17-14(11-16(18)19)10-13-4-6-15(20-3)7-5-13/h4-7,12,14,17H,8-11H2,1-3H3,(H,18,19). The number of carbonyl (C=O) groups is 1. The molecule has 1 atom stereocenters. The molecule has 0 bridgehead atoms. The lowest BCUT2D eigenvalue weighted by atomic mass is 10.0. The van der Waals surface area contributed by atoms with Gasteiger partial charge in [-0.25, -0.2) is 0 Å². The Morgan fingerprint density at radius 2 is 1.95 bits per heavy atom. The fourth-order valence-electron chi connectivity index (χ4n) is 2.05. The van der Waals surface area contributed by atoms with Crippen LogP contribution in [0.5, 0.6) is 5.75 Å². The number of benzene rings is 1. The first-order chi connectivity index (χ1) is 9.51. The van der Waals surface area contributed by atoms with Crippen LogP contribution in [0.3, 0.4) is 0 Å². The molecule has 0 radical (unpaired) electrons. The van der Waals surface area contributed by atoms with Gasteiger partial charge in [-0.1, -0.05) is 26.0 Å². The van der Waals surface area contributed by atoms with Crippen LogP contribution in [0.25, 0.3) is 0 Å². The second-order valence-corrected chi connectivity index (χ2v) is 5.48. The van der Waals surface area contributed by atoms with Gasteiger partial charge in [0.05, 0.1) is 13.5 Å². The van der Waals surface area contributed by atoms with Crippen molar-refractivity contribution in [1.29, 1.82) is 0 Å². The highest BCUT2D eigenvalue weighted by atomic mass is 16.5. The van der Waals surface area contributed by atoms with E-state index in [1.807, 2.05) is 24.3 Å². The topological polar surface area (TPSA) is 58.6 Å². The molecular formula is C16H25NO3. The summed E-state index contributed by atoms with van der Waals surface area (Å²) in [5.74, 6) is 0.672. The van der Waals surface area contributed by atoms with E-state index in [2.05, 4.69) is 19.2 Å². The lowest BCUT2D eigenvalue weighted by Gasteiger charge is -2.18. The molecule has 0 aromatic heterocycles. The molecule has 2 N–H and O–H groups in total. The molecular weight excluding hydrogens is 254 g/mol. The zero-order valence-corrected chi connectivity index (χ0v) is 12.6.